The van der Waals surface area contributed by atoms with Crippen LogP contribution in [0, 0.1) is 5.41 Å². The third-order valence-corrected chi connectivity index (χ3v) is 6.36. The van der Waals surface area contributed by atoms with Crippen molar-refractivity contribution in [3.8, 4) is 0 Å². The number of esters is 2. The van der Waals surface area contributed by atoms with Crippen molar-refractivity contribution in [3.63, 3.8) is 0 Å². The molecule has 0 radical (unpaired) electrons. The lowest BCUT2D eigenvalue weighted by molar-refractivity contribution is -0.160. The summed E-state index contributed by atoms with van der Waals surface area (Å²) in [5.41, 5.74) is -0.689. The standard InChI is InChI=1S/C22H26N2O5S/c1-3-4-10-27-12-16-11-22(18(25)28-16)14-21(2,29-19(22)26)17-13-30-20(24-17)23-15-8-6-5-7-9-15/h5-9,13,16H,3-4,10-12,14H2,1-2H3,(H,23,24)/t16-,21+,22+/m0/s1. The average molecular weight is 431 g/mol. The lowest BCUT2D eigenvalue weighted by atomic mass is 9.78. The molecule has 1 N–H and O–H groups in total. The van der Waals surface area contributed by atoms with Crippen LogP contribution in [0.4, 0.5) is 10.8 Å². The lowest BCUT2D eigenvalue weighted by Crippen LogP contribution is -2.32. The van der Waals surface area contributed by atoms with E-state index in [1.807, 2.05) is 35.7 Å². The second-order valence-electron chi connectivity index (χ2n) is 8.07. The van der Waals surface area contributed by atoms with Gasteiger partial charge >= 0.3 is 11.9 Å². The van der Waals surface area contributed by atoms with Crippen molar-refractivity contribution in [2.75, 3.05) is 18.5 Å². The van der Waals surface area contributed by atoms with Crippen molar-refractivity contribution in [2.24, 2.45) is 5.41 Å². The highest BCUT2D eigenvalue weighted by Crippen LogP contribution is 2.52. The van der Waals surface area contributed by atoms with Crippen LogP contribution >= 0.6 is 11.3 Å². The molecule has 1 aromatic heterocycles. The quantitative estimate of drug-likeness (QED) is 0.382. The zero-order valence-electron chi connectivity index (χ0n) is 17.2. The molecule has 2 aliphatic heterocycles. The summed E-state index contributed by atoms with van der Waals surface area (Å²) < 4.78 is 16.8. The molecule has 2 aromatic rings. The normalized spacial score (nSPS) is 28.0. The Morgan fingerprint density at radius 1 is 1.27 bits per heavy atom. The minimum Gasteiger partial charge on any atom is -0.459 e. The van der Waals surface area contributed by atoms with E-state index in [-0.39, 0.29) is 12.8 Å². The van der Waals surface area contributed by atoms with E-state index in [1.165, 1.54) is 11.3 Å². The molecule has 0 saturated carbocycles. The summed E-state index contributed by atoms with van der Waals surface area (Å²) in [5, 5.41) is 5.81. The van der Waals surface area contributed by atoms with E-state index in [0.717, 1.165) is 18.5 Å². The molecule has 3 atom stereocenters. The van der Waals surface area contributed by atoms with E-state index in [4.69, 9.17) is 14.2 Å². The second kappa shape index (κ2) is 8.35. The number of nitrogens with one attached hydrogen (secondary N) is 1. The molecule has 7 nitrogen and oxygen atoms in total. The molecule has 3 heterocycles. The topological polar surface area (TPSA) is 86.8 Å². The zero-order chi connectivity index (χ0) is 21.2. The van der Waals surface area contributed by atoms with E-state index in [0.29, 0.717) is 24.0 Å². The molecular weight excluding hydrogens is 404 g/mol. The van der Waals surface area contributed by atoms with Gasteiger partial charge in [0, 0.05) is 30.5 Å². The number of benzene rings is 1. The molecule has 2 aliphatic rings. The number of hydrogen-bond donors (Lipinski definition) is 1. The Hall–Kier alpha value is -2.45. The van der Waals surface area contributed by atoms with Gasteiger partial charge in [-0.15, -0.1) is 11.3 Å². The molecule has 2 fully saturated rings. The van der Waals surface area contributed by atoms with Crippen molar-refractivity contribution >= 4 is 34.1 Å². The van der Waals surface area contributed by atoms with Gasteiger partial charge in [0.1, 0.15) is 6.10 Å². The smallest absolute Gasteiger partial charge is 0.324 e. The summed E-state index contributed by atoms with van der Waals surface area (Å²) in [6, 6.07) is 9.72. The molecule has 0 amide bonds. The highest BCUT2D eigenvalue weighted by atomic mass is 32.1. The summed E-state index contributed by atoms with van der Waals surface area (Å²) in [7, 11) is 0. The van der Waals surface area contributed by atoms with Gasteiger partial charge in [0.2, 0.25) is 0 Å². The molecule has 0 aliphatic carbocycles. The van der Waals surface area contributed by atoms with Gasteiger partial charge < -0.3 is 19.5 Å². The second-order valence-corrected chi connectivity index (χ2v) is 8.93. The van der Waals surface area contributed by atoms with Gasteiger partial charge in [-0.2, -0.15) is 0 Å². The number of ether oxygens (including phenoxy) is 3. The Morgan fingerprint density at radius 3 is 2.83 bits per heavy atom. The zero-order valence-corrected chi connectivity index (χ0v) is 18.0. The largest absolute Gasteiger partial charge is 0.459 e. The average Bonchev–Trinajstić information content (AvgIpc) is 3.38. The minimum absolute atomic E-state index is 0.220. The first-order valence-electron chi connectivity index (χ1n) is 10.3. The number of cyclic esters (lactones) is 2. The Kier molecular flexibility index (Phi) is 5.79. The van der Waals surface area contributed by atoms with E-state index in [2.05, 4.69) is 17.2 Å². The molecule has 30 heavy (non-hydrogen) atoms. The summed E-state index contributed by atoms with van der Waals surface area (Å²) in [5.74, 6) is -1.05. The first kappa shape index (κ1) is 20.8. The van der Waals surface area contributed by atoms with Gasteiger partial charge in [-0.1, -0.05) is 31.5 Å². The fourth-order valence-corrected chi connectivity index (χ4v) is 4.84. The van der Waals surface area contributed by atoms with Crippen LogP contribution in [0.2, 0.25) is 0 Å². The lowest BCUT2D eigenvalue weighted by Gasteiger charge is -2.20. The van der Waals surface area contributed by atoms with Crippen LogP contribution in [0.1, 0.15) is 45.2 Å². The number of aromatic nitrogens is 1. The van der Waals surface area contributed by atoms with Gasteiger partial charge in [0.15, 0.2) is 16.1 Å². The first-order valence-corrected chi connectivity index (χ1v) is 11.1. The summed E-state index contributed by atoms with van der Waals surface area (Å²) in [4.78, 5) is 30.1. The molecule has 0 unspecified atom stereocenters. The number of thiazole rings is 1. The third kappa shape index (κ3) is 3.94. The van der Waals surface area contributed by atoms with Crippen LogP contribution < -0.4 is 5.32 Å². The number of anilines is 2. The van der Waals surface area contributed by atoms with Crippen LogP contribution in [0.25, 0.3) is 0 Å². The molecule has 2 saturated heterocycles. The highest BCUT2D eigenvalue weighted by Gasteiger charge is 2.65. The van der Waals surface area contributed by atoms with Crippen LogP contribution in [0.5, 0.6) is 0 Å². The van der Waals surface area contributed by atoms with E-state index >= 15 is 0 Å². The van der Waals surface area contributed by atoms with Crippen LogP contribution in [-0.2, 0) is 29.4 Å². The van der Waals surface area contributed by atoms with E-state index in [1.54, 1.807) is 6.92 Å². The van der Waals surface area contributed by atoms with Crippen molar-refractivity contribution < 1.29 is 23.8 Å². The SMILES string of the molecule is CCCCOC[C@@H]1C[C@@]2(C[C@](C)(c3csc(Nc4ccccc4)n3)OC2=O)C(=O)O1. The molecule has 1 aromatic carbocycles. The number of hydrogen-bond acceptors (Lipinski definition) is 8. The Morgan fingerprint density at radius 2 is 2.07 bits per heavy atom. The maximum atomic E-state index is 12.8. The van der Waals surface area contributed by atoms with E-state index in [9.17, 15) is 9.59 Å². The van der Waals surface area contributed by atoms with Crippen molar-refractivity contribution in [1.82, 2.24) is 4.98 Å². The van der Waals surface area contributed by atoms with Gasteiger partial charge in [0.25, 0.3) is 0 Å². The minimum atomic E-state index is -1.27. The number of rotatable bonds is 8. The van der Waals surface area contributed by atoms with Crippen LogP contribution in [0.3, 0.4) is 0 Å². The van der Waals surface area contributed by atoms with Crippen LogP contribution in [0.15, 0.2) is 35.7 Å². The summed E-state index contributed by atoms with van der Waals surface area (Å²) in [6.45, 7) is 4.82. The maximum absolute atomic E-state index is 12.8. The number of para-hydroxylation sites is 1. The summed E-state index contributed by atoms with van der Waals surface area (Å²) in [6.07, 6.45) is 2.07. The molecule has 160 valence electrons. The monoisotopic (exact) mass is 430 g/mol. The predicted molar refractivity (Wildman–Crippen MR) is 113 cm³/mol. The summed E-state index contributed by atoms with van der Waals surface area (Å²) >= 11 is 1.43. The Bertz CT molecular complexity index is 917. The van der Waals surface area contributed by atoms with Gasteiger partial charge in [-0.25, -0.2) is 4.98 Å². The molecule has 0 bridgehead atoms. The predicted octanol–water partition coefficient (Wildman–Crippen LogP) is 4.17. The number of carbonyl (C=O) groups is 2. The highest BCUT2D eigenvalue weighted by molar-refractivity contribution is 7.13. The molecule has 4 rings (SSSR count). The number of unbranched alkanes of at least 4 members (excludes halogenated alkanes) is 1. The number of carbonyl (C=O) groups excluding carboxylic acids is 2. The van der Waals surface area contributed by atoms with E-state index < -0.39 is 29.1 Å². The van der Waals surface area contributed by atoms with Crippen molar-refractivity contribution in [3.05, 3.63) is 41.4 Å². The molecule has 1 spiro atoms. The van der Waals surface area contributed by atoms with Gasteiger partial charge in [-0.05, 0) is 25.5 Å². The van der Waals surface area contributed by atoms with Crippen molar-refractivity contribution in [1.29, 1.82) is 0 Å². The fourth-order valence-electron chi connectivity index (χ4n) is 3.99. The fraction of sp³-hybridized carbons (Fsp3) is 0.500. The number of nitrogens with zero attached hydrogens (tertiary/aromatic N) is 1. The maximum Gasteiger partial charge on any atom is 0.324 e. The first-order chi connectivity index (χ1) is 14.4. The van der Waals surface area contributed by atoms with Crippen LogP contribution in [-0.4, -0.2) is 36.2 Å². The third-order valence-electron chi connectivity index (χ3n) is 5.61. The molecule has 8 heteroatoms. The Labute approximate surface area is 179 Å². The van der Waals surface area contributed by atoms with Gasteiger partial charge in [-0.3, -0.25) is 9.59 Å². The molecular formula is C22H26N2O5S. The Balaban J connectivity index is 1.45. The van der Waals surface area contributed by atoms with Crippen molar-refractivity contribution in [2.45, 2.75) is 51.2 Å². The van der Waals surface area contributed by atoms with Gasteiger partial charge in [0.05, 0.1) is 12.3 Å².